The molecule has 1 spiro atoms. The fraction of sp³-hybridized carbons (Fsp3) is 0.929. The highest BCUT2D eigenvalue weighted by Crippen LogP contribution is 2.42. The van der Waals surface area contributed by atoms with Crippen LogP contribution in [-0.2, 0) is 4.74 Å². The van der Waals surface area contributed by atoms with Crippen LogP contribution in [0.5, 0.6) is 0 Å². The summed E-state index contributed by atoms with van der Waals surface area (Å²) in [5.74, 6) is 0.724. The number of hydrogen-bond acceptors (Lipinski definition) is 5. The summed E-state index contributed by atoms with van der Waals surface area (Å²) in [6.07, 6.45) is 2.55. The van der Waals surface area contributed by atoms with Crippen molar-refractivity contribution >= 4 is 5.96 Å². The standard InChI is InChI=1S/C14H28N4O/c1-4-17(5-2)7-8-18-13(15)16-11-14(18)9-12(10-14)19-6-3/h12H,4-11H2,1-3H3,(H2,15,16). The molecular formula is C14H28N4O. The Labute approximate surface area is 116 Å². The molecule has 5 nitrogen and oxygen atoms in total. The number of hydrogen-bond donors (Lipinski definition) is 1. The van der Waals surface area contributed by atoms with Gasteiger partial charge < -0.3 is 20.3 Å². The molecule has 0 aromatic rings. The highest BCUT2D eigenvalue weighted by molar-refractivity contribution is 5.81. The summed E-state index contributed by atoms with van der Waals surface area (Å²) in [5, 5.41) is 0. The molecule has 0 saturated heterocycles. The predicted octanol–water partition coefficient (Wildman–Crippen LogP) is 0.896. The summed E-state index contributed by atoms with van der Waals surface area (Å²) in [7, 11) is 0. The molecule has 0 amide bonds. The van der Waals surface area contributed by atoms with Crippen LogP contribution in [0.25, 0.3) is 0 Å². The average Bonchev–Trinajstić information content (AvgIpc) is 2.69. The first-order valence-corrected chi connectivity index (χ1v) is 7.56. The SMILES string of the molecule is CCOC1CC2(CN=C(N)N2CCN(CC)CC)C1. The van der Waals surface area contributed by atoms with Crippen molar-refractivity contribution in [3.63, 3.8) is 0 Å². The summed E-state index contributed by atoms with van der Waals surface area (Å²) in [4.78, 5) is 9.21. The zero-order valence-electron chi connectivity index (χ0n) is 12.6. The second-order valence-electron chi connectivity index (χ2n) is 5.56. The summed E-state index contributed by atoms with van der Waals surface area (Å²) in [5.41, 5.74) is 6.23. The van der Waals surface area contributed by atoms with Gasteiger partial charge in [0.1, 0.15) is 0 Å². The molecule has 0 atom stereocenters. The number of rotatable bonds is 7. The lowest BCUT2D eigenvalue weighted by Crippen LogP contribution is -2.62. The highest BCUT2D eigenvalue weighted by atomic mass is 16.5. The van der Waals surface area contributed by atoms with Gasteiger partial charge in [-0.15, -0.1) is 0 Å². The first-order chi connectivity index (χ1) is 9.15. The third-order valence-electron chi connectivity index (χ3n) is 4.54. The van der Waals surface area contributed by atoms with Crippen molar-refractivity contribution in [2.45, 2.75) is 45.3 Å². The number of ether oxygens (including phenoxy) is 1. The lowest BCUT2D eigenvalue weighted by atomic mass is 9.73. The zero-order chi connectivity index (χ0) is 13.9. The minimum Gasteiger partial charge on any atom is -0.378 e. The maximum Gasteiger partial charge on any atom is 0.191 e. The van der Waals surface area contributed by atoms with E-state index in [1.807, 2.05) is 0 Å². The molecule has 1 fully saturated rings. The van der Waals surface area contributed by atoms with E-state index in [0.29, 0.717) is 6.10 Å². The number of likely N-dealkylation sites (N-methyl/N-ethyl adjacent to an activating group) is 1. The molecule has 1 heterocycles. The maximum absolute atomic E-state index is 6.07. The van der Waals surface area contributed by atoms with E-state index >= 15 is 0 Å². The van der Waals surface area contributed by atoms with Crippen molar-refractivity contribution in [2.24, 2.45) is 10.7 Å². The van der Waals surface area contributed by atoms with Gasteiger partial charge in [0.2, 0.25) is 0 Å². The van der Waals surface area contributed by atoms with Crippen LogP contribution in [0.2, 0.25) is 0 Å². The van der Waals surface area contributed by atoms with Gasteiger partial charge >= 0.3 is 0 Å². The van der Waals surface area contributed by atoms with E-state index in [0.717, 1.165) is 58.1 Å². The Morgan fingerprint density at radius 2 is 2.05 bits per heavy atom. The van der Waals surface area contributed by atoms with Crippen LogP contribution in [-0.4, -0.2) is 66.7 Å². The highest BCUT2D eigenvalue weighted by Gasteiger charge is 2.52. The fourth-order valence-electron chi connectivity index (χ4n) is 3.27. The lowest BCUT2D eigenvalue weighted by Gasteiger charge is -2.50. The van der Waals surface area contributed by atoms with Crippen LogP contribution in [0.15, 0.2) is 4.99 Å². The Bertz CT molecular complexity index is 321. The molecule has 2 aliphatic rings. The second-order valence-corrected chi connectivity index (χ2v) is 5.56. The van der Waals surface area contributed by atoms with Crippen molar-refractivity contribution in [2.75, 3.05) is 39.3 Å². The number of nitrogens with zero attached hydrogens (tertiary/aromatic N) is 3. The van der Waals surface area contributed by atoms with Crippen LogP contribution in [0.1, 0.15) is 33.6 Å². The van der Waals surface area contributed by atoms with Gasteiger partial charge in [0.05, 0.1) is 18.2 Å². The summed E-state index contributed by atoms with van der Waals surface area (Å²) in [6.45, 7) is 12.3. The van der Waals surface area contributed by atoms with Gasteiger partial charge in [0, 0.05) is 19.7 Å². The Kier molecular flexibility index (Phi) is 4.68. The van der Waals surface area contributed by atoms with E-state index in [4.69, 9.17) is 10.5 Å². The maximum atomic E-state index is 6.07. The summed E-state index contributed by atoms with van der Waals surface area (Å²) in [6, 6.07) is 0. The second kappa shape index (κ2) is 6.09. The molecule has 110 valence electrons. The van der Waals surface area contributed by atoms with Gasteiger partial charge in [-0.1, -0.05) is 13.8 Å². The Morgan fingerprint density at radius 1 is 1.37 bits per heavy atom. The monoisotopic (exact) mass is 268 g/mol. The smallest absolute Gasteiger partial charge is 0.191 e. The summed E-state index contributed by atoms with van der Waals surface area (Å²) >= 11 is 0. The lowest BCUT2D eigenvalue weighted by molar-refractivity contribution is -0.0741. The van der Waals surface area contributed by atoms with Gasteiger partial charge in [-0.05, 0) is 32.9 Å². The van der Waals surface area contributed by atoms with Crippen molar-refractivity contribution in [3.8, 4) is 0 Å². The van der Waals surface area contributed by atoms with E-state index in [-0.39, 0.29) is 5.54 Å². The predicted molar refractivity (Wildman–Crippen MR) is 78.4 cm³/mol. The van der Waals surface area contributed by atoms with Gasteiger partial charge in [-0.2, -0.15) is 0 Å². The van der Waals surface area contributed by atoms with Crippen LogP contribution in [0, 0.1) is 0 Å². The molecule has 5 heteroatoms. The van der Waals surface area contributed by atoms with Crippen LogP contribution in [0.4, 0.5) is 0 Å². The topological polar surface area (TPSA) is 54.1 Å². The van der Waals surface area contributed by atoms with Crippen molar-refractivity contribution in [1.82, 2.24) is 9.80 Å². The normalized spacial score (nSPS) is 30.0. The van der Waals surface area contributed by atoms with E-state index in [9.17, 15) is 0 Å². The minimum absolute atomic E-state index is 0.164. The molecule has 0 bridgehead atoms. The third kappa shape index (κ3) is 2.87. The molecular weight excluding hydrogens is 240 g/mol. The van der Waals surface area contributed by atoms with Crippen LogP contribution < -0.4 is 5.73 Å². The Morgan fingerprint density at radius 3 is 2.63 bits per heavy atom. The van der Waals surface area contributed by atoms with Gasteiger partial charge in [-0.3, -0.25) is 4.99 Å². The van der Waals surface area contributed by atoms with Crippen LogP contribution in [0.3, 0.4) is 0 Å². The third-order valence-corrected chi connectivity index (χ3v) is 4.54. The molecule has 2 rings (SSSR count). The molecule has 0 aromatic carbocycles. The molecule has 0 radical (unpaired) electrons. The molecule has 1 aliphatic heterocycles. The van der Waals surface area contributed by atoms with Gasteiger partial charge in [-0.25, -0.2) is 0 Å². The van der Waals surface area contributed by atoms with E-state index in [1.54, 1.807) is 0 Å². The first-order valence-electron chi connectivity index (χ1n) is 7.56. The minimum atomic E-state index is 0.164. The van der Waals surface area contributed by atoms with Gasteiger partial charge in [0.15, 0.2) is 5.96 Å². The molecule has 19 heavy (non-hydrogen) atoms. The Balaban J connectivity index is 1.88. The van der Waals surface area contributed by atoms with Crippen molar-refractivity contribution < 1.29 is 4.74 Å². The number of guanidine groups is 1. The fourth-order valence-corrected chi connectivity index (χ4v) is 3.27. The molecule has 1 saturated carbocycles. The number of aliphatic imine (C=N–C) groups is 1. The molecule has 1 aliphatic carbocycles. The van der Waals surface area contributed by atoms with Crippen LogP contribution >= 0.6 is 0 Å². The average molecular weight is 268 g/mol. The molecule has 0 aromatic heterocycles. The van der Waals surface area contributed by atoms with E-state index in [1.165, 1.54) is 0 Å². The van der Waals surface area contributed by atoms with E-state index in [2.05, 4.69) is 35.6 Å². The largest absolute Gasteiger partial charge is 0.378 e. The quantitative estimate of drug-likeness (QED) is 0.745. The molecule has 2 N–H and O–H groups in total. The Hall–Kier alpha value is -0.810. The van der Waals surface area contributed by atoms with E-state index < -0.39 is 0 Å². The summed E-state index contributed by atoms with van der Waals surface area (Å²) < 4.78 is 5.69. The van der Waals surface area contributed by atoms with Crippen molar-refractivity contribution in [1.29, 1.82) is 0 Å². The molecule has 0 unspecified atom stereocenters. The van der Waals surface area contributed by atoms with Crippen molar-refractivity contribution in [3.05, 3.63) is 0 Å². The first kappa shape index (κ1) is 14.6. The van der Waals surface area contributed by atoms with Gasteiger partial charge in [0.25, 0.3) is 0 Å². The zero-order valence-corrected chi connectivity index (χ0v) is 12.6. The number of nitrogens with two attached hydrogens (primary N) is 1.